The molecule has 0 heterocycles. The van der Waals surface area contributed by atoms with Crippen LogP contribution in [0.2, 0.25) is 0 Å². The summed E-state index contributed by atoms with van der Waals surface area (Å²) in [5.74, 6) is 0.529. The number of benzene rings is 2. The minimum atomic E-state index is -3.78. The summed E-state index contributed by atoms with van der Waals surface area (Å²) in [6, 6.07) is 11.3. The average Bonchev–Trinajstić information content (AvgIpc) is 2.68. The number of ether oxygens (including phenoxy) is 2. The van der Waals surface area contributed by atoms with Gasteiger partial charge in [0.1, 0.15) is 0 Å². The molecule has 0 aliphatic rings. The zero-order valence-corrected chi connectivity index (χ0v) is 18.0. The second kappa shape index (κ2) is 9.67. The molecule has 0 saturated heterocycles. The van der Waals surface area contributed by atoms with Gasteiger partial charge < -0.3 is 9.47 Å². The van der Waals surface area contributed by atoms with Crippen LogP contribution in [0.3, 0.4) is 0 Å². The first-order valence-electron chi connectivity index (χ1n) is 8.03. The minimum absolute atomic E-state index is 0.0971. The van der Waals surface area contributed by atoms with E-state index in [1.54, 1.807) is 30.3 Å². The molecule has 0 atom stereocenters. The number of carbonyl (C=O) groups excluding carboxylic acids is 1. The molecule has 8 nitrogen and oxygen atoms in total. The SMILES string of the molecule is COc1ccc(/C=N\NC(=O)CN(C)S(=O)(=O)c2ccc(Br)cc2)cc1OC. The lowest BCUT2D eigenvalue weighted by Crippen LogP contribution is -2.36. The monoisotopic (exact) mass is 469 g/mol. The van der Waals surface area contributed by atoms with E-state index in [0.717, 1.165) is 8.78 Å². The molecule has 0 bridgehead atoms. The van der Waals surface area contributed by atoms with E-state index in [0.29, 0.717) is 17.1 Å². The molecular weight excluding hydrogens is 450 g/mol. The minimum Gasteiger partial charge on any atom is -0.493 e. The largest absolute Gasteiger partial charge is 0.493 e. The van der Waals surface area contributed by atoms with E-state index in [1.165, 1.54) is 39.6 Å². The molecule has 0 unspecified atom stereocenters. The molecule has 0 saturated carbocycles. The number of sulfonamides is 1. The van der Waals surface area contributed by atoms with E-state index in [-0.39, 0.29) is 11.4 Å². The number of hydrazone groups is 1. The van der Waals surface area contributed by atoms with E-state index in [1.807, 2.05) is 0 Å². The maximum Gasteiger partial charge on any atom is 0.255 e. The predicted molar refractivity (Wildman–Crippen MR) is 109 cm³/mol. The van der Waals surface area contributed by atoms with Gasteiger partial charge in [0.05, 0.1) is 31.9 Å². The molecule has 2 rings (SSSR count). The Labute approximate surface area is 172 Å². The molecule has 0 spiro atoms. The number of amides is 1. The van der Waals surface area contributed by atoms with Gasteiger partial charge >= 0.3 is 0 Å². The van der Waals surface area contributed by atoms with Gasteiger partial charge in [-0.2, -0.15) is 9.41 Å². The molecule has 150 valence electrons. The van der Waals surface area contributed by atoms with Crippen molar-refractivity contribution in [2.24, 2.45) is 5.10 Å². The highest BCUT2D eigenvalue weighted by molar-refractivity contribution is 9.10. The number of hydrogen-bond donors (Lipinski definition) is 1. The molecule has 10 heteroatoms. The number of likely N-dealkylation sites (N-methyl/N-ethyl adjacent to an activating group) is 1. The van der Waals surface area contributed by atoms with Crippen LogP contribution in [0.25, 0.3) is 0 Å². The normalized spacial score (nSPS) is 11.6. The van der Waals surface area contributed by atoms with Crippen molar-refractivity contribution in [2.45, 2.75) is 4.90 Å². The van der Waals surface area contributed by atoms with Crippen molar-refractivity contribution in [3.63, 3.8) is 0 Å². The number of carbonyl (C=O) groups is 1. The van der Waals surface area contributed by atoms with Crippen molar-refractivity contribution in [3.8, 4) is 11.5 Å². The van der Waals surface area contributed by atoms with Gasteiger partial charge in [0, 0.05) is 11.5 Å². The Balaban J connectivity index is 1.98. The molecule has 28 heavy (non-hydrogen) atoms. The lowest BCUT2D eigenvalue weighted by Gasteiger charge is -2.16. The third kappa shape index (κ3) is 5.54. The predicted octanol–water partition coefficient (Wildman–Crippen LogP) is 2.24. The lowest BCUT2D eigenvalue weighted by atomic mass is 10.2. The molecule has 0 aliphatic carbocycles. The Morgan fingerprint density at radius 2 is 1.79 bits per heavy atom. The first kappa shape index (κ1) is 21.9. The highest BCUT2D eigenvalue weighted by Crippen LogP contribution is 2.26. The van der Waals surface area contributed by atoms with Crippen LogP contribution in [0, 0.1) is 0 Å². The van der Waals surface area contributed by atoms with Gasteiger partial charge in [-0.1, -0.05) is 15.9 Å². The van der Waals surface area contributed by atoms with Crippen molar-refractivity contribution in [1.82, 2.24) is 9.73 Å². The number of methoxy groups -OCH3 is 2. The fraction of sp³-hybridized carbons (Fsp3) is 0.222. The number of halogens is 1. The topological polar surface area (TPSA) is 97.3 Å². The lowest BCUT2D eigenvalue weighted by molar-refractivity contribution is -0.121. The Morgan fingerprint density at radius 1 is 1.14 bits per heavy atom. The third-order valence-electron chi connectivity index (χ3n) is 3.70. The van der Waals surface area contributed by atoms with Crippen molar-refractivity contribution >= 4 is 38.1 Å². The molecular formula is C18H20BrN3O5S. The summed E-state index contributed by atoms with van der Waals surface area (Å²) >= 11 is 3.25. The highest BCUT2D eigenvalue weighted by Gasteiger charge is 2.22. The Hall–Kier alpha value is -2.43. The van der Waals surface area contributed by atoms with E-state index >= 15 is 0 Å². The van der Waals surface area contributed by atoms with Crippen LogP contribution < -0.4 is 14.9 Å². The fourth-order valence-corrected chi connectivity index (χ4v) is 3.61. The van der Waals surface area contributed by atoms with Crippen LogP contribution in [0.1, 0.15) is 5.56 Å². The zero-order chi connectivity index (χ0) is 20.7. The van der Waals surface area contributed by atoms with Gasteiger partial charge in [-0.3, -0.25) is 4.79 Å². The van der Waals surface area contributed by atoms with Gasteiger partial charge in [-0.05, 0) is 48.0 Å². The zero-order valence-electron chi connectivity index (χ0n) is 15.5. The van der Waals surface area contributed by atoms with Crippen LogP contribution in [0.15, 0.2) is 56.9 Å². The summed E-state index contributed by atoms with van der Waals surface area (Å²) in [5, 5.41) is 3.84. The molecule has 1 N–H and O–H groups in total. The first-order valence-corrected chi connectivity index (χ1v) is 10.3. The molecule has 1 amide bonds. The van der Waals surface area contributed by atoms with Crippen molar-refractivity contribution in [3.05, 3.63) is 52.5 Å². The maximum atomic E-state index is 12.5. The van der Waals surface area contributed by atoms with Crippen LogP contribution >= 0.6 is 15.9 Å². The number of hydrogen-bond acceptors (Lipinski definition) is 6. The molecule has 0 radical (unpaired) electrons. The molecule has 0 aliphatic heterocycles. The highest BCUT2D eigenvalue weighted by atomic mass is 79.9. The van der Waals surface area contributed by atoms with Gasteiger partial charge in [0.15, 0.2) is 11.5 Å². The number of rotatable bonds is 8. The van der Waals surface area contributed by atoms with E-state index in [9.17, 15) is 13.2 Å². The summed E-state index contributed by atoms with van der Waals surface area (Å²) in [4.78, 5) is 12.1. The van der Waals surface area contributed by atoms with Crippen LogP contribution in [0.5, 0.6) is 11.5 Å². The fourth-order valence-electron chi connectivity index (χ4n) is 2.22. The van der Waals surface area contributed by atoms with Crippen molar-refractivity contribution in [1.29, 1.82) is 0 Å². The molecule has 0 aromatic heterocycles. The average molecular weight is 470 g/mol. The Kier molecular flexibility index (Phi) is 7.55. The van der Waals surface area contributed by atoms with Crippen molar-refractivity contribution in [2.75, 3.05) is 27.8 Å². The summed E-state index contributed by atoms with van der Waals surface area (Å²) in [6.45, 7) is -0.373. The summed E-state index contributed by atoms with van der Waals surface area (Å²) in [7, 11) is 0.602. The summed E-state index contributed by atoms with van der Waals surface area (Å²) < 4.78 is 37.0. The molecule has 0 fully saturated rings. The van der Waals surface area contributed by atoms with E-state index in [2.05, 4.69) is 26.5 Å². The summed E-state index contributed by atoms with van der Waals surface area (Å²) in [6.07, 6.45) is 1.42. The second-order valence-corrected chi connectivity index (χ2v) is 8.58. The van der Waals surface area contributed by atoms with Gasteiger partial charge in [-0.25, -0.2) is 13.8 Å². The third-order valence-corrected chi connectivity index (χ3v) is 6.04. The number of nitrogens with zero attached hydrogens (tertiary/aromatic N) is 2. The van der Waals surface area contributed by atoms with E-state index in [4.69, 9.17) is 9.47 Å². The van der Waals surface area contributed by atoms with Gasteiger partial charge in [-0.15, -0.1) is 0 Å². The van der Waals surface area contributed by atoms with Crippen molar-refractivity contribution < 1.29 is 22.7 Å². The molecule has 2 aromatic carbocycles. The van der Waals surface area contributed by atoms with Crippen LogP contribution in [0.4, 0.5) is 0 Å². The Morgan fingerprint density at radius 3 is 2.39 bits per heavy atom. The summed E-state index contributed by atoms with van der Waals surface area (Å²) in [5.41, 5.74) is 2.98. The smallest absolute Gasteiger partial charge is 0.255 e. The first-order chi connectivity index (χ1) is 13.3. The molecule has 2 aromatic rings. The van der Waals surface area contributed by atoms with E-state index < -0.39 is 15.9 Å². The Bertz CT molecular complexity index is 962. The van der Waals surface area contributed by atoms with Gasteiger partial charge in [0.2, 0.25) is 10.0 Å². The maximum absolute atomic E-state index is 12.5. The number of nitrogens with one attached hydrogen (secondary N) is 1. The standard InChI is InChI=1S/C18H20BrN3O5S/c1-22(28(24,25)15-7-5-14(19)6-8-15)12-18(23)21-20-11-13-4-9-16(26-2)17(10-13)27-3/h4-11H,12H2,1-3H3,(H,21,23)/b20-11-. The van der Waals surface area contributed by atoms with Crippen LogP contribution in [-0.4, -0.2) is 52.7 Å². The van der Waals surface area contributed by atoms with Gasteiger partial charge in [0.25, 0.3) is 5.91 Å². The second-order valence-electron chi connectivity index (χ2n) is 5.62. The van der Waals surface area contributed by atoms with Crippen LogP contribution in [-0.2, 0) is 14.8 Å². The quantitative estimate of drug-likeness (QED) is 0.472.